The Bertz CT molecular complexity index is 2650. The molecule has 0 radical (unpaired) electrons. The van der Waals surface area contributed by atoms with E-state index in [0.29, 0.717) is 55.4 Å². The highest BCUT2D eigenvalue weighted by Crippen LogP contribution is 2.42. The minimum Gasteiger partial charge on any atom is -0.497 e. The van der Waals surface area contributed by atoms with E-state index in [1.165, 1.54) is 15.2 Å². The van der Waals surface area contributed by atoms with Gasteiger partial charge < -0.3 is 29.2 Å². The molecule has 67 heavy (non-hydrogen) atoms. The van der Waals surface area contributed by atoms with Gasteiger partial charge >= 0.3 is 6.09 Å². The van der Waals surface area contributed by atoms with Crippen molar-refractivity contribution in [3.8, 4) is 17.1 Å². The molecule has 0 bridgehead atoms. The lowest BCUT2D eigenvalue weighted by Crippen LogP contribution is -2.58. The smallest absolute Gasteiger partial charge is 0.404 e. The first-order valence-electron chi connectivity index (χ1n) is 22.2. The van der Waals surface area contributed by atoms with Crippen LogP contribution in [0, 0.1) is 0 Å². The predicted molar refractivity (Wildman–Crippen MR) is 256 cm³/mol. The number of ether oxygens (including phenoxy) is 2. The number of nitrogens with one attached hydrogen (secondary N) is 2. The van der Waals surface area contributed by atoms with E-state index >= 15 is 16.8 Å². The second-order valence-electron chi connectivity index (χ2n) is 18.3. The number of morpholine rings is 1. The van der Waals surface area contributed by atoms with Crippen LogP contribution in [0.25, 0.3) is 11.4 Å². The van der Waals surface area contributed by atoms with Crippen molar-refractivity contribution in [2.75, 3.05) is 64.5 Å². The van der Waals surface area contributed by atoms with Crippen molar-refractivity contribution in [1.29, 1.82) is 0 Å². The Balaban J connectivity index is 1.42. The first-order chi connectivity index (χ1) is 31.8. The minimum absolute atomic E-state index is 0.0101. The quantitative estimate of drug-likeness (QED) is 0.0904. The molecular weight excluding hydrogens is 915 g/mol. The van der Waals surface area contributed by atoms with Gasteiger partial charge in [0, 0.05) is 58.0 Å². The zero-order valence-electron chi connectivity index (χ0n) is 38.8. The fourth-order valence-corrected chi connectivity index (χ4v) is 12.8. The summed E-state index contributed by atoms with van der Waals surface area (Å²) >= 11 is 0. The van der Waals surface area contributed by atoms with Crippen LogP contribution in [0.4, 0.5) is 10.5 Å². The number of aromatic nitrogens is 4. The van der Waals surface area contributed by atoms with Gasteiger partial charge in [-0.1, -0.05) is 93.6 Å². The van der Waals surface area contributed by atoms with Crippen LogP contribution in [0.5, 0.6) is 5.75 Å². The maximum atomic E-state index is 16.0. The third-order valence-corrected chi connectivity index (χ3v) is 20.6. The van der Waals surface area contributed by atoms with Gasteiger partial charge in [0.15, 0.2) is 8.32 Å². The highest BCUT2D eigenvalue weighted by atomic mass is 32.2. The average molecular weight is 976 g/mol. The molecule has 0 saturated carbocycles. The SMILES string of the molecule is COc1ccc(Cn2nnc(-c3c(N4CCN5CCOCC5C4)ccc(S(=O)(=O)NC[C@@H](CNC(=O)O)O[Si](C)(C)C(C)(C)C)c3S(=O)(=O)N(Cc3ccccc3)Cc3ccccc3)n2)cc1. The van der Waals surface area contributed by atoms with Crippen LogP contribution in [0.3, 0.4) is 0 Å². The molecule has 3 N–H and O–H groups in total. The standard InChI is InChI=1S/C46H61N9O9S2Si/c1-46(2,3)67(5,6)64-39(27-47-45(56)57)28-48-65(58,59)41-22-21-40(53-24-23-52-25-26-63-33-37(52)32-53)42(44-49-51-55(50-44)31-36-17-19-38(62-4)20-18-36)43(41)66(60,61)54(29-34-13-9-7-10-14-34)30-35-15-11-8-12-16-35/h7-22,37,39,47-48H,23-33H2,1-6H3,(H,56,57)/t37?,39-/m1/s1. The summed E-state index contributed by atoms with van der Waals surface area (Å²) in [6, 6.07) is 28.4. The van der Waals surface area contributed by atoms with Crippen molar-refractivity contribution in [3.05, 3.63) is 114 Å². The molecule has 5 aromatic rings. The Labute approximate surface area is 394 Å². The van der Waals surface area contributed by atoms with Gasteiger partial charge in [-0.25, -0.2) is 26.4 Å². The molecular formula is C46H61N9O9S2Si. The molecule has 1 aromatic heterocycles. The summed E-state index contributed by atoms with van der Waals surface area (Å²) < 4.78 is 84.0. The number of piperazine rings is 1. The van der Waals surface area contributed by atoms with Gasteiger partial charge in [0.25, 0.3) is 0 Å². The van der Waals surface area contributed by atoms with E-state index in [1.807, 2.05) is 112 Å². The average Bonchev–Trinajstić information content (AvgIpc) is 3.77. The number of nitrogens with zero attached hydrogens (tertiary/aromatic N) is 7. The minimum atomic E-state index is -4.83. The fraction of sp³-hybridized carbons (Fsp3) is 0.435. The Hall–Kier alpha value is -5.26. The number of carbonyl (C=O) groups is 1. The van der Waals surface area contributed by atoms with E-state index in [4.69, 9.17) is 19.0 Å². The van der Waals surface area contributed by atoms with Crippen LogP contribution >= 0.6 is 0 Å². The molecule has 2 fully saturated rings. The van der Waals surface area contributed by atoms with Crippen LogP contribution in [-0.4, -0.2) is 138 Å². The fourth-order valence-electron chi connectivity index (χ4n) is 7.93. The number of hydrogen-bond acceptors (Lipinski definition) is 13. The monoisotopic (exact) mass is 975 g/mol. The van der Waals surface area contributed by atoms with E-state index in [0.717, 1.165) is 12.1 Å². The first kappa shape index (κ1) is 49.6. The van der Waals surface area contributed by atoms with Crippen LogP contribution in [-0.2, 0) is 48.8 Å². The van der Waals surface area contributed by atoms with Gasteiger partial charge in [0.05, 0.1) is 44.6 Å². The Morgan fingerprint density at radius 2 is 1.55 bits per heavy atom. The highest BCUT2D eigenvalue weighted by molar-refractivity contribution is 7.92. The predicted octanol–water partition coefficient (Wildman–Crippen LogP) is 5.25. The second-order valence-corrected chi connectivity index (χ2v) is 26.6. The third kappa shape index (κ3) is 12.1. The van der Waals surface area contributed by atoms with E-state index in [1.54, 1.807) is 25.3 Å². The highest BCUT2D eigenvalue weighted by Gasteiger charge is 2.42. The molecule has 360 valence electrons. The molecule has 21 heteroatoms. The lowest BCUT2D eigenvalue weighted by atomic mass is 10.1. The number of carboxylic acid groups (broad SMARTS) is 1. The number of sulfonamides is 2. The molecule has 7 rings (SSSR count). The van der Waals surface area contributed by atoms with Crippen molar-refractivity contribution in [1.82, 2.24) is 39.5 Å². The van der Waals surface area contributed by atoms with Crippen molar-refractivity contribution in [3.63, 3.8) is 0 Å². The van der Waals surface area contributed by atoms with Gasteiger partial charge in [0.1, 0.15) is 15.5 Å². The van der Waals surface area contributed by atoms with Crippen molar-refractivity contribution in [2.24, 2.45) is 0 Å². The molecule has 2 aliphatic rings. The summed E-state index contributed by atoms with van der Waals surface area (Å²) in [7, 11) is -10.6. The van der Waals surface area contributed by atoms with Crippen molar-refractivity contribution < 1.29 is 40.6 Å². The molecule has 18 nitrogen and oxygen atoms in total. The molecule has 1 unspecified atom stereocenters. The Morgan fingerprint density at radius 1 is 0.896 bits per heavy atom. The second kappa shape index (κ2) is 20.9. The van der Waals surface area contributed by atoms with Crippen LogP contribution < -0.4 is 19.7 Å². The van der Waals surface area contributed by atoms with E-state index < -0.39 is 50.4 Å². The number of methoxy groups -OCH3 is 1. The summed E-state index contributed by atoms with van der Waals surface area (Å²) in [5.41, 5.74) is 2.56. The van der Waals surface area contributed by atoms with Crippen molar-refractivity contribution >= 4 is 40.1 Å². The zero-order valence-corrected chi connectivity index (χ0v) is 41.5. The largest absolute Gasteiger partial charge is 0.497 e. The Morgan fingerprint density at radius 3 is 2.16 bits per heavy atom. The molecule has 2 aliphatic heterocycles. The van der Waals surface area contributed by atoms with Gasteiger partial charge in [-0.2, -0.15) is 9.10 Å². The number of rotatable bonds is 19. The number of fused-ring (bicyclic) bond motifs is 1. The maximum absolute atomic E-state index is 16.0. The summed E-state index contributed by atoms with van der Waals surface area (Å²) in [5.74, 6) is 0.572. The van der Waals surface area contributed by atoms with Gasteiger partial charge in [0.2, 0.25) is 25.9 Å². The van der Waals surface area contributed by atoms with Crippen molar-refractivity contribution in [2.45, 2.75) is 80.5 Å². The van der Waals surface area contributed by atoms with Gasteiger partial charge in [-0.3, -0.25) is 4.90 Å². The van der Waals surface area contributed by atoms with Crippen LogP contribution in [0.15, 0.2) is 107 Å². The van der Waals surface area contributed by atoms with Gasteiger partial charge in [-0.05, 0) is 64.3 Å². The van der Waals surface area contributed by atoms with Crippen LogP contribution in [0.1, 0.15) is 37.5 Å². The number of hydrogen-bond donors (Lipinski definition) is 3. The number of tetrazole rings is 1. The van der Waals surface area contributed by atoms with Crippen LogP contribution in [0.2, 0.25) is 18.1 Å². The van der Waals surface area contributed by atoms with E-state index in [2.05, 4.69) is 25.3 Å². The third-order valence-electron chi connectivity index (χ3n) is 12.6. The molecule has 1 amide bonds. The lowest BCUT2D eigenvalue weighted by molar-refractivity contribution is -0.0116. The van der Waals surface area contributed by atoms with Gasteiger partial charge in [-0.15, -0.1) is 10.2 Å². The maximum Gasteiger partial charge on any atom is 0.404 e. The Kier molecular flexibility index (Phi) is 15.5. The topological polar surface area (TPSA) is 211 Å². The number of anilines is 1. The molecule has 3 heterocycles. The summed E-state index contributed by atoms with van der Waals surface area (Å²) in [6.07, 6.45) is -2.24. The molecule has 0 spiro atoms. The number of amides is 1. The van der Waals surface area contributed by atoms with E-state index in [-0.39, 0.29) is 55.2 Å². The number of benzene rings is 4. The molecule has 2 saturated heterocycles. The molecule has 4 aromatic carbocycles. The lowest BCUT2D eigenvalue weighted by Gasteiger charge is -2.45. The summed E-state index contributed by atoms with van der Waals surface area (Å²) in [4.78, 5) is 16.4. The normalized spacial score (nSPS) is 16.7. The molecule has 0 aliphatic carbocycles. The summed E-state index contributed by atoms with van der Waals surface area (Å²) in [5, 5.41) is 25.2. The zero-order chi connectivity index (χ0) is 48.0. The summed E-state index contributed by atoms with van der Waals surface area (Å²) in [6.45, 7) is 12.8. The first-order valence-corrected chi connectivity index (χ1v) is 28.0. The van der Waals surface area contributed by atoms with E-state index in [9.17, 15) is 9.90 Å². The molecule has 2 atom stereocenters.